The Morgan fingerprint density at radius 3 is 2.46 bits per heavy atom. The fourth-order valence-corrected chi connectivity index (χ4v) is 2.02. The van der Waals surface area contributed by atoms with Gasteiger partial charge in [0.15, 0.2) is 0 Å². The summed E-state index contributed by atoms with van der Waals surface area (Å²) in [6, 6.07) is 2.08. The largest absolute Gasteiger partial charge is 0.383 e. The molecule has 1 rings (SSSR count). The summed E-state index contributed by atoms with van der Waals surface area (Å²) in [5.74, 6) is 0.623. The highest BCUT2D eigenvalue weighted by Gasteiger charge is 2.12. The highest BCUT2D eigenvalue weighted by molar-refractivity contribution is 8.00. The van der Waals surface area contributed by atoms with Crippen LogP contribution >= 0.6 is 11.8 Å². The fourth-order valence-electron chi connectivity index (χ4n) is 0.969. The first-order valence-electron chi connectivity index (χ1n) is 4.29. The molecular weight excluding hydrogens is 180 g/mol. The predicted octanol–water partition coefficient (Wildman–Crippen LogP) is 2.86. The van der Waals surface area contributed by atoms with Gasteiger partial charge in [0, 0.05) is 15.8 Å². The normalized spacial score (nSPS) is 11.7. The molecule has 0 saturated heterocycles. The summed E-state index contributed by atoms with van der Waals surface area (Å²) < 4.78 is 0.226. The van der Waals surface area contributed by atoms with E-state index in [-0.39, 0.29) is 4.75 Å². The monoisotopic (exact) mass is 196 g/mol. The lowest BCUT2D eigenvalue weighted by Crippen LogP contribution is -2.07. The Bertz CT molecular complexity index is 302. The van der Waals surface area contributed by atoms with Crippen LogP contribution in [0.5, 0.6) is 0 Å². The third-order valence-electron chi connectivity index (χ3n) is 1.52. The first-order chi connectivity index (χ1) is 5.88. The molecule has 0 aliphatic carbocycles. The molecule has 0 radical (unpaired) electrons. The van der Waals surface area contributed by atoms with E-state index in [2.05, 4.69) is 31.8 Å². The van der Waals surface area contributed by atoms with Crippen molar-refractivity contribution in [2.24, 2.45) is 0 Å². The molecule has 0 saturated carbocycles. The van der Waals surface area contributed by atoms with E-state index < -0.39 is 0 Å². The van der Waals surface area contributed by atoms with Crippen molar-refractivity contribution in [3.63, 3.8) is 0 Å². The third-order valence-corrected chi connectivity index (χ3v) is 2.59. The summed E-state index contributed by atoms with van der Waals surface area (Å²) in [6.07, 6.45) is 1.83. The number of rotatable bonds is 1. The zero-order valence-electron chi connectivity index (χ0n) is 8.59. The Morgan fingerprint density at radius 2 is 2.00 bits per heavy atom. The Morgan fingerprint density at radius 1 is 1.38 bits per heavy atom. The molecule has 0 amide bonds. The van der Waals surface area contributed by atoms with E-state index in [1.807, 2.05) is 13.1 Å². The molecule has 0 aliphatic rings. The van der Waals surface area contributed by atoms with Crippen LogP contribution < -0.4 is 5.73 Å². The van der Waals surface area contributed by atoms with Gasteiger partial charge in [0.1, 0.15) is 5.82 Å². The number of nitrogens with zero attached hydrogens (tertiary/aromatic N) is 1. The zero-order chi connectivity index (χ0) is 10.1. The molecule has 1 aromatic heterocycles. The highest BCUT2D eigenvalue weighted by Crippen LogP contribution is 2.32. The van der Waals surface area contributed by atoms with Crippen LogP contribution in [0.25, 0.3) is 0 Å². The summed E-state index contributed by atoms with van der Waals surface area (Å²) in [7, 11) is 0. The Balaban J connectivity index is 2.86. The van der Waals surface area contributed by atoms with Gasteiger partial charge < -0.3 is 5.73 Å². The van der Waals surface area contributed by atoms with E-state index in [4.69, 9.17) is 5.73 Å². The second-order valence-electron chi connectivity index (χ2n) is 4.09. The van der Waals surface area contributed by atoms with Crippen molar-refractivity contribution in [2.75, 3.05) is 5.73 Å². The smallest absolute Gasteiger partial charge is 0.126 e. The van der Waals surface area contributed by atoms with Gasteiger partial charge in [-0.15, -0.1) is 11.8 Å². The van der Waals surface area contributed by atoms with Crippen molar-refractivity contribution in [3.8, 4) is 0 Å². The van der Waals surface area contributed by atoms with E-state index in [1.165, 1.54) is 4.90 Å². The average molecular weight is 196 g/mol. The van der Waals surface area contributed by atoms with Crippen molar-refractivity contribution in [1.82, 2.24) is 4.98 Å². The number of nitrogen functional groups attached to an aromatic ring is 1. The molecular formula is C10H16N2S. The van der Waals surface area contributed by atoms with Gasteiger partial charge in [0.05, 0.1) is 0 Å². The van der Waals surface area contributed by atoms with Gasteiger partial charge in [-0.25, -0.2) is 4.98 Å². The molecule has 0 aliphatic heterocycles. The van der Waals surface area contributed by atoms with E-state index in [0.29, 0.717) is 5.82 Å². The molecule has 0 aromatic carbocycles. The van der Waals surface area contributed by atoms with Gasteiger partial charge in [-0.3, -0.25) is 0 Å². The van der Waals surface area contributed by atoms with E-state index in [1.54, 1.807) is 11.8 Å². The molecule has 0 spiro atoms. The van der Waals surface area contributed by atoms with E-state index in [9.17, 15) is 0 Å². The number of aromatic nitrogens is 1. The quantitative estimate of drug-likeness (QED) is 0.702. The van der Waals surface area contributed by atoms with Crippen LogP contribution in [-0.4, -0.2) is 9.73 Å². The second kappa shape index (κ2) is 3.58. The van der Waals surface area contributed by atoms with Crippen LogP contribution in [0.15, 0.2) is 17.2 Å². The lowest BCUT2D eigenvalue weighted by Gasteiger charge is -2.17. The summed E-state index contributed by atoms with van der Waals surface area (Å²) >= 11 is 1.81. The van der Waals surface area contributed by atoms with Gasteiger partial charge in [-0.2, -0.15) is 0 Å². The maximum absolute atomic E-state index is 5.63. The van der Waals surface area contributed by atoms with Gasteiger partial charge in [-0.1, -0.05) is 20.8 Å². The number of anilines is 1. The topological polar surface area (TPSA) is 38.9 Å². The highest BCUT2D eigenvalue weighted by atomic mass is 32.2. The van der Waals surface area contributed by atoms with Crippen LogP contribution in [0.2, 0.25) is 0 Å². The molecule has 13 heavy (non-hydrogen) atoms. The average Bonchev–Trinajstić information content (AvgIpc) is 1.94. The molecule has 3 heteroatoms. The van der Waals surface area contributed by atoms with Crippen LogP contribution in [-0.2, 0) is 0 Å². The molecule has 0 bridgehead atoms. The predicted molar refractivity (Wildman–Crippen MR) is 59.0 cm³/mol. The van der Waals surface area contributed by atoms with Crippen LogP contribution in [0.4, 0.5) is 5.82 Å². The van der Waals surface area contributed by atoms with Crippen LogP contribution in [0, 0.1) is 6.92 Å². The molecule has 0 unspecified atom stereocenters. The van der Waals surface area contributed by atoms with Gasteiger partial charge in [-0.05, 0) is 18.6 Å². The molecule has 2 nitrogen and oxygen atoms in total. The SMILES string of the molecule is Cc1cc(SC(C)(C)C)cnc1N. The first-order valence-corrected chi connectivity index (χ1v) is 5.11. The summed E-state index contributed by atoms with van der Waals surface area (Å²) in [5.41, 5.74) is 6.68. The minimum Gasteiger partial charge on any atom is -0.383 e. The maximum Gasteiger partial charge on any atom is 0.126 e. The number of hydrogen-bond acceptors (Lipinski definition) is 3. The molecule has 0 fully saturated rings. The number of nitrogens with two attached hydrogens (primary N) is 1. The van der Waals surface area contributed by atoms with Crippen molar-refractivity contribution in [3.05, 3.63) is 17.8 Å². The van der Waals surface area contributed by atoms with Crippen molar-refractivity contribution in [2.45, 2.75) is 37.3 Å². The Labute approximate surface area is 83.9 Å². The standard InChI is InChI=1S/C10H16N2S/c1-7-5-8(6-12-9(7)11)13-10(2,3)4/h5-6H,1-4H3,(H2,11,12). The van der Waals surface area contributed by atoms with Crippen molar-refractivity contribution in [1.29, 1.82) is 0 Å². The van der Waals surface area contributed by atoms with Gasteiger partial charge in [0.25, 0.3) is 0 Å². The van der Waals surface area contributed by atoms with Crippen LogP contribution in [0.1, 0.15) is 26.3 Å². The molecule has 72 valence electrons. The number of hydrogen-bond donors (Lipinski definition) is 1. The molecule has 1 heterocycles. The minimum absolute atomic E-state index is 0.226. The number of thioether (sulfide) groups is 1. The minimum atomic E-state index is 0.226. The van der Waals surface area contributed by atoms with Gasteiger partial charge >= 0.3 is 0 Å². The van der Waals surface area contributed by atoms with E-state index in [0.717, 1.165) is 5.56 Å². The Hall–Kier alpha value is -0.700. The summed E-state index contributed by atoms with van der Waals surface area (Å²) in [5, 5.41) is 0. The lowest BCUT2D eigenvalue weighted by atomic mass is 10.3. The summed E-state index contributed by atoms with van der Waals surface area (Å²) in [6.45, 7) is 8.53. The van der Waals surface area contributed by atoms with Crippen molar-refractivity contribution < 1.29 is 0 Å². The summed E-state index contributed by atoms with van der Waals surface area (Å²) in [4.78, 5) is 5.30. The van der Waals surface area contributed by atoms with Gasteiger partial charge in [0.2, 0.25) is 0 Å². The maximum atomic E-state index is 5.63. The fraction of sp³-hybridized carbons (Fsp3) is 0.500. The number of aryl methyl sites for hydroxylation is 1. The number of pyridine rings is 1. The first kappa shape index (κ1) is 10.4. The van der Waals surface area contributed by atoms with Crippen LogP contribution in [0.3, 0.4) is 0 Å². The zero-order valence-corrected chi connectivity index (χ0v) is 9.40. The Kier molecular flexibility index (Phi) is 2.86. The lowest BCUT2D eigenvalue weighted by molar-refractivity contribution is 0.802. The van der Waals surface area contributed by atoms with Crippen molar-refractivity contribution >= 4 is 17.6 Å². The molecule has 2 N–H and O–H groups in total. The third kappa shape index (κ3) is 3.27. The second-order valence-corrected chi connectivity index (χ2v) is 5.99. The van der Waals surface area contributed by atoms with E-state index >= 15 is 0 Å². The molecule has 1 aromatic rings. The molecule has 0 atom stereocenters.